The summed E-state index contributed by atoms with van der Waals surface area (Å²) in [5.41, 5.74) is 5.66. The number of H-pyrrole nitrogens is 1. The van der Waals surface area contributed by atoms with Crippen LogP contribution < -0.4 is 0 Å². The van der Waals surface area contributed by atoms with Gasteiger partial charge in [-0.15, -0.1) is 0 Å². The van der Waals surface area contributed by atoms with Crippen molar-refractivity contribution in [3.8, 4) is 22.5 Å². The molecule has 1 atom stereocenters. The van der Waals surface area contributed by atoms with Crippen LogP contribution >= 0.6 is 0 Å². The molecule has 0 amide bonds. The molecule has 3 heteroatoms. The molecule has 19 heavy (non-hydrogen) atoms. The largest absolute Gasteiger partial charge is 0.383 e. The summed E-state index contributed by atoms with van der Waals surface area (Å²) in [6.07, 6.45) is -0.597. The number of hydrogen-bond donors (Lipinski definition) is 2. The maximum atomic E-state index is 10.5. The van der Waals surface area contributed by atoms with Crippen LogP contribution in [-0.2, 0) is 0 Å². The maximum absolute atomic E-state index is 10.5. The van der Waals surface area contributed by atoms with Crippen LogP contribution in [0.4, 0.5) is 0 Å². The Balaban J connectivity index is 1.96. The van der Waals surface area contributed by atoms with Crippen molar-refractivity contribution in [3.63, 3.8) is 0 Å². The first-order valence-electron chi connectivity index (χ1n) is 6.27. The van der Waals surface area contributed by atoms with Crippen LogP contribution in [0, 0.1) is 0 Å². The predicted molar refractivity (Wildman–Crippen MR) is 73.5 cm³/mol. The Bertz CT molecular complexity index is 746. The first kappa shape index (κ1) is 10.5. The van der Waals surface area contributed by atoms with Gasteiger partial charge in [-0.05, 0) is 5.56 Å². The van der Waals surface area contributed by atoms with E-state index in [0.717, 1.165) is 33.6 Å². The lowest BCUT2D eigenvalue weighted by atomic mass is 10.0. The highest BCUT2D eigenvalue weighted by Crippen LogP contribution is 2.45. The number of fused-ring (bicyclic) bond motifs is 3. The molecule has 0 bridgehead atoms. The van der Waals surface area contributed by atoms with Crippen molar-refractivity contribution in [2.75, 3.05) is 0 Å². The van der Waals surface area contributed by atoms with Crippen LogP contribution in [-0.4, -0.2) is 15.3 Å². The smallest absolute Gasteiger partial charge is 0.109 e. The van der Waals surface area contributed by atoms with Crippen LogP contribution in [0.2, 0.25) is 0 Å². The summed E-state index contributed by atoms with van der Waals surface area (Å²) in [5.74, 6) is 0. The van der Waals surface area contributed by atoms with E-state index in [1.165, 1.54) is 0 Å². The van der Waals surface area contributed by atoms with Crippen molar-refractivity contribution < 1.29 is 5.11 Å². The highest BCUT2D eigenvalue weighted by atomic mass is 16.3. The van der Waals surface area contributed by atoms with Crippen molar-refractivity contribution in [1.29, 1.82) is 0 Å². The summed E-state index contributed by atoms with van der Waals surface area (Å²) in [4.78, 5) is 0. The number of aromatic amines is 1. The van der Waals surface area contributed by atoms with E-state index < -0.39 is 6.10 Å². The van der Waals surface area contributed by atoms with E-state index in [0.29, 0.717) is 0 Å². The lowest BCUT2D eigenvalue weighted by molar-refractivity contribution is 0.226. The Kier molecular flexibility index (Phi) is 2.11. The third kappa shape index (κ3) is 1.39. The fourth-order valence-corrected chi connectivity index (χ4v) is 2.76. The molecule has 1 aliphatic carbocycles. The van der Waals surface area contributed by atoms with E-state index in [2.05, 4.69) is 10.2 Å². The molecule has 2 aromatic carbocycles. The maximum Gasteiger partial charge on any atom is 0.109 e. The molecule has 0 spiro atoms. The fraction of sp³-hybridized carbons (Fsp3) is 0.0625. The monoisotopic (exact) mass is 248 g/mol. The second-order valence-corrected chi connectivity index (χ2v) is 4.72. The Hall–Kier alpha value is -2.39. The van der Waals surface area contributed by atoms with Gasteiger partial charge in [-0.2, -0.15) is 5.10 Å². The molecule has 2 N–H and O–H groups in total. The van der Waals surface area contributed by atoms with Gasteiger partial charge >= 0.3 is 0 Å². The average molecular weight is 248 g/mol. The molecular weight excluding hydrogens is 236 g/mol. The van der Waals surface area contributed by atoms with Gasteiger partial charge in [0.15, 0.2) is 0 Å². The number of aromatic nitrogens is 2. The van der Waals surface area contributed by atoms with Crippen LogP contribution in [0.3, 0.4) is 0 Å². The second-order valence-electron chi connectivity index (χ2n) is 4.72. The topological polar surface area (TPSA) is 48.9 Å². The molecule has 3 aromatic rings. The minimum Gasteiger partial charge on any atom is -0.383 e. The highest BCUT2D eigenvalue weighted by molar-refractivity contribution is 5.82. The van der Waals surface area contributed by atoms with Crippen LogP contribution in [0.15, 0.2) is 54.6 Å². The summed E-state index contributed by atoms with van der Waals surface area (Å²) in [5, 5.41) is 17.9. The zero-order valence-electron chi connectivity index (χ0n) is 10.2. The molecule has 0 saturated carbocycles. The number of aliphatic hydroxyl groups excluding tert-OH is 1. The lowest BCUT2D eigenvalue weighted by Crippen LogP contribution is -1.95. The molecule has 1 aliphatic rings. The van der Waals surface area contributed by atoms with Crippen LogP contribution in [0.5, 0.6) is 0 Å². The summed E-state index contributed by atoms with van der Waals surface area (Å²) in [6.45, 7) is 0. The van der Waals surface area contributed by atoms with Crippen molar-refractivity contribution in [2.45, 2.75) is 6.10 Å². The zero-order valence-corrected chi connectivity index (χ0v) is 10.2. The first-order chi connectivity index (χ1) is 9.36. The SMILES string of the molecule is OC1c2ccccc2-c2[nH]nc(-c3ccccc3)c21. The van der Waals surface area contributed by atoms with E-state index in [-0.39, 0.29) is 0 Å². The fourth-order valence-electron chi connectivity index (χ4n) is 2.76. The quantitative estimate of drug-likeness (QED) is 0.695. The third-order valence-corrected chi connectivity index (χ3v) is 3.65. The molecule has 0 radical (unpaired) electrons. The van der Waals surface area contributed by atoms with E-state index in [4.69, 9.17) is 0 Å². The van der Waals surface area contributed by atoms with Gasteiger partial charge in [0.25, 0.3) is 0 Å². The molecule has 1 aromatic heterocycles. The van der Waals surface area contributed by atoms with Crippen molar-refractivity contribution in [3.05, 3.63) is 65.7 Å². The average Bonchev–Trinajstić information content (AvgIpc) is 3.02. The van der Waals surface area contributed by atoms with Crippen LogP contribution in [0.25, 0.3) is 22.5 Å². The Morgan fingerprint density at radius 1 is 0.947 bits per heavy atom. The number of benzene rings is 2. The number of aliphatic hydroxyl groups is 1. The third-order valence-electron chi connectivity index (χ3n) is 3.65. The van der Waals surface area contributed by atoms with E-state index in [1.54, 1.807) is 0 Å². The molecule has 1 unspecified atom stereocenters. The van der Waals surface area contributed by atoms with Gasteiger partial charge in [-0.1, -0.05) is 54.6 Å². The normalized spacial score (nSPS) is 16.2. The lowest BCUT2D eigenvalue weighted by Gasteiger charge is -2.06. The van der Waals surface area contributed by atoms with Gasteiger partial charge in [0, 0.05) is 16.7 Å². The van der Waals surface area contributed by atoms with E-state index in [9.17, 15) is 5.11 Å². The molecular formula is C16H12N2O. The molecule has 0 aliphatic heterocycles. The van der Waals surface area contributed by atoms with E-state index in [1.807, 2.05) is 54.6 Å². The predicted octanol–water partition coefficient (Wildman–Crippen LogP) is 3.14. The van der Waals surface area contributed by atoms with Gasteiger partial charge in [-0.3, -0.25) is 5.10 Å². The number of nitrogens with zero attached hydrogens (tertiary/aromatic N) is 1. The zero-order chi connectivity index (χ0) is 12.8. The number of rotatable bonds is 1. The van der Waals surface area contributed by atoms with Gasteiger partial charge in [0.2, 0.25) is 0 Å². The minimum atomic E-state index is -0.597. The molecule has 0 fully saturated rings. The Morgan fingerprint density at radius 2 is 1.68 bits per heavy atom. The number of nitrogens with one attached hydrogen (secondary N) is 1. The van der Waals surface area contributed by atoms with Gasteiger partial charge in [-0.25, -0.2) is 0 Å². The van der Waals surface area contributed by atoms with Gasteiger partial charge in [0.1, 0.15) is 6.10 Å². The van der Waals surface area contributed by atoms with Crippen LogP contribution in [0.1, 0.15) is 17.2 Å². The summed E-state index contributed by atoms with van der Waals surface area (Å²) in [7, 11) is 0. The Labute approximate surface area is 110 Å². The summed E-state index contributed by atoms with van der Waals surface area (Å²) in [6, 6.07) is 17.8. The summed E-state index contributed by atoms with van der Waals surface area (Å²) >= 11 is 0. The van der Waals surface area contributed by atoms with Gasteiger partial charge in [0.05, 0.1) is 11.4 Å². The highest BCUT2D eigenvalue weighted by Gasteiger charge is 2.32. The van der Waals surface area contributed by atoms with Crippen molar-refractivity contribution >= 4 is 0 Å². The molecule has 4 rings (SSSR count). The standard InChI is InChI=1S/C16H12N2O/c19-16-12-9-5-4-8-11(12)15-13(16)14(17-18-15)10-6-2-1-3-7-10/h1-9,16,19H,(H,17,18). The Morgan fingerprint density at radius 3 is 2.53 bits per heavy atom. The molecule has 92 valence electrons. The van der Waals surface area contributed by atoms with Gasteiger partial charge < -0.3 is 5.11 Å². The number of hydrogen-bond acceptors (Lipinski definition) is 2. The van der Waals surface area contributed by atoms with E-state index >= 15 is 0 Å². The second kappa shape index (κ2) is 3.80. The molecule has 3 nitrogen and oxygen atoms in total. The summed E-state index contributed by atoms with van der Waals surface area (Å²) < 4.78 is 0. The van der Waals surface area contributed by atoms with Crippen molar-refractivity contribution in [1.82, 2.24) is 10.2 Å². The first-order valence-corrected chi connectivity index (χ1v) is 6.27. The molecule has 0 saturated heterocycles. The minimum absolute atomic E-state index is 0.597. The van der Waals surface area contributed by atoms with Crippen molar-refractivity contribution in [2.24, 2.45) is 0 Å². The molecule has 1 heterocycles.